The Hall–Kier alpha value is -3.34. The van der Waals surface area contributed by atoms with Crippen LogP contribution >= 0.6 is 0 Å². The van der Waals surface area contributed by atoms with Crippen molar-refractivity contribution < 1.29 is 19.1 Å². The van der Waals surface area contributed by atoms with Gasteiger partial charge in [-0.1, -0.05) is 36.4 Å². The average molecular weight is 335 g/mol. The van der Waals surface area contributed by atoms with Gasteiger partial charge in [-0.3, -0.25) is 4.79 Å². The number of carbonyl (C=O) groups excluding carboxylic acids is 2. The van der Waals surface area contributed by atoms with E-state index >= 15 is 0 Å². The van der Waals surface area contributed by atoms with Gasteiger partial charge in [0, 0.05) is 18.7 Å². The molecule has 0 heterocycles. The van der Waals surface area contributed by atoms with Crippen LogP contribution in [0.5, 0.6) is 11.5 Å². The molecule has 0 aliphatic rings. The first kappa shape index (κ1) is 16.5. The van der Waals surface area contributed by atoms with Crippen LogP contribution in [0.15, 0.2) is 66.7 Å². The molecule has 126 valence electrons. The molecule has 0 fully saturated rings. The fourth-order valence-corrected chi connectivity index (χ4v) is 2.40. The summed E-state index contributed by atoms with van der Waals surface area (Å²) in [4.78, 5) is 23.0. The number of anilines is 1. The summed E-state index contributed by atoms with van der Waals surface area (Å²) < 4.78 is 10.7. The van der Waals surface area contributed by atoms with Gasteiger partial charge in [-0.25, -0.2) is 4.79 Å². The van der Waals surface area contributed by atoms with Crippen LogP contribution in [-0.2, 0) is 9.59 Å². The smallest absolute Gasteiger partial charge is 0.349 e. The van der Waals surface area contributed by atoms with Gasteiger partial charge in [-0.2, -0.15) is 0 Å². The predicted molar refractivity (Wildman–Crippen MR) is 95.8 cm³/mol. The van der Waals surface area contributed by atoms with E-state index < -0.39 is 5.97 Å². The molecule has 1 N–H and O–H groups in total. The molecule has 0 atom stereocenters. The van der Waals surface area contributed by atoms with Gasteiger partial charge in [0.05, 0.1) is 0 Å². The summed E-state index contributed by atoms with van der Waals surface area (Å²) in [5.74, 6) is 0.272. The lowest BCUT2D eigenvalue weighted by Crippen LogP contribution is -2.17. The molecule has 3 aromatic rings. The highest BCUT2D eigenvalue weighted by Gasteiger charge is 2.07. The van der Waals surface area contributed by atoms with Crippen LogP contribution < -0.4 is 14.8 Å². The number of nitrogens with one attached hydrogen (secondary N) is 1. The molecule has 0 saturated heterocycles. The highest BCUT2D eigenvalue weighted by Crippen LogP contribution is 2.21. The summed E-state index contributed by atoms with van der Waals surface area (Å²) in [5.41, 5.74) is 0.605. The molecule has 0 spiro atoms. The SMILES string of the molecule is CC(=O)Nc1cccc(OCC(=O)Oc2ccc3ccccc3c2)c1. The van der Waals surface area contributed by atoms with Gasteiger partial charge < -0.3 is 14.8 Å². The number of hydrogen-bond donors (Lipinski definition) is 1. The first-order valence-electron chi connectivity index (χ1n) is 7.80. The first-order chi connectivity index (χ1) is 12.1. The van der Waals surface area contributed by atoms with Crippen molar-refractivity contribution in [3.63, 3.8) is 0 Å². The van der Waals surface area contributed by atoms with E-state index in [0.29, 0.717) is 17.2 Å². The second-order valence-electron chi connectivity index (χ2n) is 5.48. The Balaban J connectivity index is 1.59. The largest absolute Gasteiger partial charge is 0.482 e. The number of carbonyl (C=O) groups is 2. The molecule has 25 heavy (non-hydrogen) atoms. The lowest BCUT2D eigenvalue weighted by Gasteiger charge is -2.09. The molecule has 1 amide bonds. The number of rotatable bonds is 5. The first-order valence-corrected chi connectivity index (χ1v) is 7.80. The fraction of sp³-hybridized carbons (Fsp3) is 0.100. The van der Waals surface area contributed by atoms with Gasteiger partial charge in [0.2, 0.25) is 5.91 Å². The van der Waals surface area contributed by atoms with Gasteiger partial charge in [0.1, 0.15) is 11.5 Å². The van der Waals surface area contributed by atoms with Crippen molar-refractivity contribution in [2.75, 3.05) is 11.9 Å². The predicted octanol–water partition coefficient (Wildman–Crippen LogP) is 3.78. The molecule has 5 nitrogen and oxygen atoms in total. The van der Waals surface area contributed by atoms with Crippen LogP contribution in [-0.4, -0.2) is 18.5 Å². The molecule has 5 heteroatoms. The van der Waals surface area contributed by atoms with Crippen LogP contribution in [0.1, 0.15) is 6.92 Å². The summed E-state index contributed by atoms with van der Waals surface area (Å²) in [6.07, 6.45) is 0. The zero-order valence-corrected chi connectivity index (χ0v) is 13.7. The van der Waals surface area contributed by atoms with Crippen LogP contribution in [0.25, 0.3) is 10.8 Å². The Morgan fingerprint density at radius 1 is 0.880 bits per heavy atom. The molecule has 0 saturated carbocycles. The van der Waals surface area contributed by atoms with Crippen LogP contribution in [0.3, 0.4) is 0 Å². The van der Waals surface area contributed by atoms with Crippen molar-refractivity contribution >= 4 is 28.3 Å². The van der Waals surface area contributed by atoms with E-state index in [2.05, 4.69) is 5.32 Å². The average Bonchev–Trinajstić information content (AvgIpc) is 2.60. The highest BCUT2D eigenvalue weighted by molar-refractivity contribution is 5.89. The van der Waals surface area contributed by atoms with Gasteiger partial charge >= 0.3 is 5.97 Å². The van der Waals surface area contributed by atoms with E-state index in [1.54, 1.807) is 30.3 Å². The third kappa shape index (κ3) is 4.57. The Labute approximate surface area is 145 Å². The number of benzene rings is 3. The maximum Gasteiger partial charge on any atom is 0.349 e. The quantitative estimate of drug-likeness (QED) is 0.569. The summed E-state index contributed by atoms with van der Waals surface area (Å²) in [6, 6.07) is 20.1. The summed E-state index contributed by atoms with van der Waals surface area (Å²) in [7, 11) is 0. The standard InChI is InChI=1S/C20H17NO4/c1-14(22)21-17-7-4-8-18(12-17)24-13-20(23)25-19-10-9-15-5-2-3-6-16(15)11-19/h2-12H,13H2,1H3,(H,21,22). The monoisotopic (exact) mass is 335 g/mol. The number of hydrogen-bond acceptors (Lipinski definition) is 4. The lowest BCUT2D eigenvalue weighted by molar-refractivity contribution is -0.136. The zero-order chi connectivity index (χ0) is 17.6. The Morgan fingerprint density at radius 3 is 2.48 bits per heavy atom. The molecule has 0 aliphatic heterocycles. The normalized spacial score (nSPS) is 10.3. The minimum atomic E-state index is -0.500. The topological polar surface area (TPSA) is 64.6 Å². The van der Waals surface area contributed by atoms with Crippen molar-refractivity contribution in [2.24, 2.45) is 0 Å². The molecule has 0 aliphatic carbocycles. The van der Waals surface area contributed by atoms with Gasteiger partial charge in [-0.15, -0.1) is 0 Å². The third-order valence-electron chi connectivity index (χ3n) is 3.46. The third-order valence-corrected chi connectivity index (χ3v) is 3.46. The molecule has 3 rings (SSSR count). The summed E-state index contributed by atoms with van der Waals surface area (Å²) in [5, 5.41) is 4.73. The minimum absolute atomic E-state index is 0.173. The molecule has 0 aromatic heterocycles. The van der Waals surface area contributed by atoms with E-state index in [1.807, 2.05) is 36.4 Å². The zero-order valence-electron chi connectivity index (χ0n) is 13.7. The lowest BCUT2D eigenvalue weighted by atomic mass is 10.1. The molecule has 0 radical (unpaired) electrons. The minimum Gasteiger partial charge on any atom is -0.482 e. The molecule has 3 aromatic carbocycles. The fourth-order valence-electron chi connectivity index (χ4n) is 2.40. The van der Waals surface area contributed by atoms with Crippen molar-refractivity contribution in [1.29, 1.82) is 0 Å². The Bertz CT molecular complexity index is 920. The second kappa shape index (κ2) is 7.49. The Kier molecular flexibility index (Phi) is 4.95. The van der Waals surface area contributed by atoms with E-state index in [-0.39, 0.29) is 12.5 Å². The van der Waals surface area contributed by atoms with E-state index in [1.165, 1.54) is 6.92 Å². The van der Waals surface area contributed by atoms with E-state index in [0.717, 1.165) is 10.8 Å². The number of amides is 1. The van der Waals surface area contributed by atoms with Crippen molar-refractivity contribution in [3.8, 4) is 11.5 Å². The molecule has 0 unspecified atom stereocenters. The van der Waals surface area contributed by atoms with Crippen molar-refractivity contribution in [2.45, 2.75) is 6.92 Å². The van der Waals surface area contributed by atoms with Gasteiger partial charge in [0.15, 0.2) is 6.61 Å². The maximum atomic E-state index is 12.0. The van der Waals surface area contributed by atoms with Crippen LogP contribution in [0.4, 0.5) is 5.69 Å². The second-order valence-corrected chi connectivity index (χ2v) is 5.48. The van der Waals surface area contributed by atoms with E-state index in [9.17, 15) is 9.59 Å². The highest BCUT2D eigenvalue weighted by atomic mass is 16.6. The van der Waals surface area contributed by atoms with Crippen molar-refractivity contribution in [3.05, 3.63) is 66.7 Å². The van der Waals surface area contributed by atoms with E-state index in [4.69, 9.17) is 9.47 Å². The molecular formula is C20H17NO4. The number of ether oxygens (including phenoxy) is 2. The molecule has 0 bridgehead atoms. The van der Waals surface area contributed by atoms with Gasteiger partial charge in [0.25, 0.3) is 0 Å². The van der Waals surface area contributed by atoms with Crippen molar-refractivity contribution in [1.82, 2.24) is 0 Å². The van der Waals surface area contributed by atoms with Gasteiger partial charge in [-0.05, 0) is 35.0 Å². The number of esters is 1. The molecular weight excluding hydrogens is 318 g/mol. The maximum absolute atomic E-state index is 12.0. The summed E-state index contributed by atoms with van der Waals surface area (Å²) in [6.45, 7) is 1.20. The Morgan fingerprint density at radius 2 is 1.68 bits per heavy atom. The van der Waals surface area contributed by atoms with Crippen LogP contribution in [0, 0.1) is 0 Å². The van der Waals surface area contributed by atoms with Crippen LogP contribution in [0.2, 0.25) is 0 Å². The number of fused-ring (bicyclic) bond motifs is 1. The summed E-state index contributed by atoms with van der Waals surface area (Å²) >= 11 is 0.